The van der Waals surface area contributed by atoms with Crippen LogP contribution >= 0.6 is 0 Å². The molecule has 1 heterocycles. The van der Waals surface area contributed by atoms with E-state index in [0.29, 0.717) is 38.1 Å². The highest BCUT2D eigenvalue weighted by Crippen LogP contribution is 2.54. The standard InChI is InChI=1S/C35H46N2O5/c1-5-22-37-23-21-34(30-16-12-17-32(24-30)41-27(2)38)25-31(19-20-35(34,26-37)42-28(3)39)36(4)33(40)18-11-7-10-15-29-13-8-6-9-14-29/h5-6,8-9,12-14,16-17,24,31H,1,7,10-11,15,18-23,25-26H2,2-4H3/t31-,34+,35+/m1/s1. The number of carbonyl (C=O) groups excluding carboxylic acids is 3. The van der Waals surface area contributed by atoms with Crippen molar-refractivity contribution in [1.82, 2.24) is 9.80 Å². The van der Waals surface area contributed by atoms with Crippen LogP contribution < -0.4 is 4.74 Å². The van der Waals surface area contributed by atoms with Crippen molar-refractivity contribution in [2.75, 3.05) is 26.7 Å². The van der Waals surface area contributed by atoms with Crippen LogP contribution in [0.2, 0.25) is 0 Å². The molecule has 1 saturated carbocycles. The second-order valence-corrected chi connectivity index (χ2v) is 12.0. The van der Waals surface area contributed by atoms with Gasteiger partial charge in [-0.3, -0.25) is 19.3 Å². The molecule has 7 heteroatoms. The lowest BCUT2D eigenvalue weighted by Gasteiger charge is -2.60. The highest BCUT2D eigenvalue weighted by molar-refractivity contribution is 5.76. The number of amides is 1. The number of piperidine rings is 1. The Labute approximate surface area is 250 Å². The summed E-state index contributed by atoms with van der Waals surface area (Å²) < 4.78 is 11.8. The van der Waals surface area contributed by atoms with Crippen LogP contribution in [0.25, 0.3) is 0 Å². The molecule has 2 aromatic rings. The molecule has 0 radical (unpaired) electrons. The van der Waals surface area contributed by atoms with Gasteiger partial charge in [-0.2, -0.15) is 0 Å². The molecule has 3 atom stereocenters. The van der Waals surface area contributed by atoms with E-state index in [1.54, 1.807) is 6.07 Å². The van der Waals surface area contributed by atoms with Gasteiger partial charge >= 0.3 is 11.9 Å². The van der Waals surface area contributed by atoms with Gasteiger partial charge in [0.1, 0.15) is 11.4 Å². The average molecular weight is 575 g/mol. The summed E-state index contributed by atoms with van der Waals surface area (Å²) in [5.41, 5.74) is 1.00. The first-order valence-corrected chi connectivity index (χ1v) is 15.3. The number of carbonyl (C=O) groups is 3. The zero-order chi connectivity index (χ0) is 30.2. The van der Waals surface area contributed by atoms with Gasteiger partial charge in [0.25, 0.3) is 0 Å². The molecular weight excluding hydrogens is 528 g/mol. The molecule has 2 aliphatic rings. The lowest BCUT2D eigenvalue weighted by Crippen LogP contribution is -2.68. The average Bonchev–Trinajstić information content (AvgIpc) is 2.96. The predicted molar refractivity (Wildman–Crippen MR) is 164 cm³/mol. The van der Waals surface area contributed by atoms with Gasteiger partial charge in [0.15, 0.2) is 0 Å². The maximum Gasteiger partial charge on any atom is 0.308 e. The first-order valence-electron chi connectivity index (χ1n) is 15.3. The lowest BCUT2D eigenvalue weighted by atomic mass is 9.55. The Morgan fingerprint density at radius 1 is 1.02 bits per heavy atom. The third-order valence-corrected chi connectivity index (χ3v) is 9.19. The van der Waals surface area contributed by atoms with E-state index in [1.165, 1.54) is 19.4 Å². The van der Waals surface area contributed by atoms with Crippen molar-refractivity contribution in [2.45, 2.75) is 88.7 Å². The summed E-state index contributed by atoms with van der Waals surface area (Å²) in [6, 6.07) is 18.1. The summed E-state index contributed by atoms with van der Waals surface area (Å²) in [4.78, 5) is 42.0. The molecule has 0 bridgehead atoms. The minimum Gasteiger partial charge on any atom is -0.457 e. The molecule has 42 heavy (non-hydrogen) atoms. The van der Waals surface area contributed by atoms with Gasteiger partial charge in [-0.1, -0.05) is 55.0 Å². The van der Waals surface area contributed by atoms with Crippen molar-refractivity contribution >= 4 is 17.8 Å². The maximum atomic E-state index is 13.4. The summed E-state index contributed by atoms with van der Waals surface area (Å²) in [6.45, 7) is 8.88. The van der Waals surface area contributed by atoms with Crippen LogP contribution in [0.15, 0.2) is 67.3 Å². The molecule has 1 amide bonds. The van der Waals surface area contributed by atoms with Crippen molar-refractivity contribution in [3.63, 3.8) is 0 Å². The Bertz CT molecular complexity index is 1250. The zero-order valence-corrected chi connectivity index (χ0v) is 25.5. The van der Waals surface area contributed by atoms with E-state index >= 15 is 0 Å². The minimum absolute atomic E-state index is 0.00818. The van der Waals surface area contributed by atoms with E-state index in [2.05, 4.69) is 35.7 Å². The summed E-state index contributed by atoms with van der Waals surface area (Å²) in [5, 5.41) is 0. The van der Waals surface area contributed by atoms with Gasteiger partial charge in [0.2, 0.25) is 5.91 Å². The van der Waals surface area contributed by atoms with Gasteiger partial charge in [-0.15, -0.1) is 6.58 Å². The minimum atomic E-state index is -0.771. The summed E-state index contributed by atoms with van der Waals surface area (Å²) in [5.74, 6) is -0.0593. The monoisotopic (exact) mass is 574 g/mol. The molecule has 2 aromatic carbocycles. The van der Waals surface area contributed by atoms with Crippen molar-refractivity contribution in [3.8, 4) is 5.75 Å². The fourth-order valence-electron chi connectivity index (χ4n) is 7.16. The van der Waals surface area contributed by atoms with Crippen molar-refractivity contribution in [1.29, 1.82) is 0 Å². The van der Waals surface area contributed by atoms with Crippen molar-refractivity contribution in [2.24, 2.45) is 0 Å². The zero-order valence-electron chi connectivity index (χ0n) is 25.5. The fourth-order valence-corrected chi connectivity index (χ4v) is 7.16. The fraction of sp³-hybridized carbons (Fsp3) is 0.514. The van der Waals surface area contributed by atoms with Crippen molar-refractivity contribution < 1.29 is 23.9 Å². The van der Waals surface area contributed by atoms with Crippen LogP contribution in [-0.4, -0.2) is 66.0 Å². The number of ether oxygens (including phenoxy) is 2. The summed E-state index contributed by atoms with van der Waals surface area (Å²) in [6.07, 6.45) is 9.19. The Morgan fingerprint density at radius 2 is 1.81 bits per heavy atom. The lowest BCUT2D eigenvalue weighted by molar-refractivity contribution is -0.189. The summed E-state index contributed by atoms with van der Waals surface area (Å²) >= 11 is 0. The van der Waals surface area contributed by atoms with Crippen LogP contribution in [0.1, 0.15) is 76.3 Å². The predicted octanol–water partition coefficient (Wildman–Crippen LogP) is 5.86. The third-order valence-electron chi connectivity index (χ3n) is 9.19. The molecule has 1 aliphatic carbocycles. The van der Waals surface area contributed by atoms with E-state index in [-0.39, 0.29) is 23.9 Å². The highest BCUT2D eigenvalue weighted by Gasteiger charge is 2.61. The maximum absolute atomic E-state index is 13.4. The number of nitrogens with zero attached hydrogens (tertiary/aromatic N) is 2. The van der Waals surface area contributed by atoms with E-state index < -0.39 is 11.0 Å². The number of unbranched alkanes of at least 4 members (excludes halogenated alkanes) is 2. The van der Waals surface area contributed by atoms with Crippen LogP contribution in [0.5, 0.6) is 5.75 Å². The van der Waals surface area contributed by atoms with Gasteiger partial charge in [0, 0.05) is 51.9 Å². The number of aryl methyl sites for hydroxylation is 1. The summed E-state index contributed by atoms with van der Waals surface area (Å²) in [7, 11) is 1.92. The number of likely N-dealkylation sites (tertiary alicyclic amines) is 1. The van der Waals surface area contributed by atoms with Crippen LogP contribution in [-0.2, 0) is 31.0 Å². The molecular formula is C35H46N2O5. The van der Waals surface area contributed by atoms with Gasteiger partial charge in [-0.05, 0) is 74.8 Å². The molecule has 1 aliphatic heterocycles. The first-order chi connectivity index (χ1) is 20.2. The molecule has 4 rings (SSSR count). The number of benzene rings is 2. The SMILES string of the molecule is C=CCN1CC[C@@]2(c3cccc(OC(C)=O)c3)C[C@H](N(C)C(=O)CCCCCc3ccccc3)CC[C@]2(OC(C)=O)C1. The first kappa shape index (κ1) is 31.5. The molecule has 1 saturated heterocycles. The second-order valence-electron chi connectivity index (χ2n) is 12.0. The molecule has 0 N–H and O–H groups in total. The highest BCUT2D eigenvalue weighted by atomic mass is 16.6. The number of rotatable bonds is 12. The normalized spacial score (nSPS) is 23.8. The molecule has 2 fully saturated rings. The van der Waals surface area contributed by atoms with Gasteiger partial charge < -0.3 is 14.4 Å². The largest absolute Gasteiger partial charge is 0.457 e. The topological polar surface area (TPSA) is 76.2 Å². The van der Waals surface area contributed by atoms with Gasteiger partial charge in [-0.25, -0.2) is 0 Å². The Balaban J connectivity index is 1.54. The number of hydrogen-bond donors (Lipinski definition) is 0. The van der Waals surface area contributed by atoms with E-state index in [1.807, 2.05) is 42.3 Å². The number of fused-ring (bicyclic) bond motifs is 1. The smallest absolute Gasteiger partial charge is 0.308 e. The number of hydrogen-bond acceptors (Lipinski definition) is 6. The molecule has 226 valence electrons. The Morgan fingerprint density at radius 3 is 2.52 bits per heavy atom. The van der Waals surface area contributed by atoms with Crippen LogP contribution in [0, 0.1) is 0 Å². The molecule has 0 aromatic heterocycles. The van der Waals surface area contributed by atoms with Crippen LogP contribution in [0.4, 0.5) is 0 Å². The Kier molecular flexibility index (Phi) is 10.6. The molecule has 0 spiro atoms. The van der Waals surface area contributed by atoms with E-state index in [0.717, 1.165) is 50.6 Å². The Hall–Kier alpha value is -3.45. The quantitative estimate of drug-likeness (QED) is 0.137. The molecule has 7 nitrogen and oxygen atoms in total. The van der Waals surface area contributed by atoms with Gasteiger partial charge in [0.05, 0.1) is 0 Å². The second kappa shape index (κ2) is 14.1. The van der Waals surface area contributed by atoms with E-state index in [4.69, 9.17) is 9.47 Å². The van der Waals surface area contributed by atoms with E-state index in [9.17, 15) is 14.4 Å². The van der Waals surface area contributed by atoms with Crippen molar-refractivity contribution in [3.05, 3.63) is 78.4 Å². The molecule has 0 unspecified atom stereocenters. The van der Waals surface area contributed by atoms with Crippen LogP contribution in [0.3, 0.4) is 0 Å². The third kappa shape index (κ3) is 7.30. The number of esters is 2.